The van der Waals surface area contributed by atoms with Gasteiger partial charge in [0.15, 0.2) is 6.10 Å². The van der Waals surface area contributed by atoms with Crippen molar-refractivity contribution in [3.05, 3.63) is 29.8 Å². The zero-order valence-electron chi connectivity index (χ0n) is 12.7. The first-order valence-corrected chi connectivity index (χ1v) is 7.78. The van der Waals surface area contributed by atoms with Crippen LogP contribution in [0.15, 0.2) is 24.3 Å². The van der Waals surface area contributed by atoms with Crippen molar-refractivity contribution in [2.24, 2.45) is 0 Å². The number of hydrogen-bond acceptors (Lipinski definition) is 3. The van der Waals surface area contributed by atoms with E-state index in [2.05, 4.69) is 0 Å². The average molecular weight is 289 g/mol. The van der Waals surface area contributed by atoms with Crippen LogP contribution in [0.3, 0.4) is 0 Å². The molecule has 0 aliphatic carbocycles. The molecule has 0 aromatic heterocycles. The summed E-state index contributed by atoms with van der Waals surface area (Å²) in [7, 11) is 0. The largest absolute Gasteiger partial charge is 0.481 e. The number of carbonyl (C=O) groups excluding carboxylic acids is 1. The van der Waals surface area contributed by atoms with Crippen LogP contribution in [-0.4, -0.2) is 40.2 Å². The summed E-state index contributed by atoms with van der Waals surface area (Å²) < 4.78 is 5.78. The number of carbonyl (C=O) groups is 1. The maximum Gasteiger partial charge on any atom is 0.263 e. The van der Waals surface area contributed by atoms with Crippen LogP contribution in [0.4, 0.5) is 0 Å². The molecule has 0 radical (unpaired) electrons. The van der Waals surface area contributed by atoms with Gasteiger partial charge in [-0.1, -0.05) is 17.7 Å². The monoisotopic (exact) mass is 289 g/mol. The van der Waals surface area contributed by atoms with E-state index in [0.717, 1.165) is 18.6 Å². The summed E-state index contributed by atoms with van der Waals surface area (Å²) in [5, 5.41) is 9.82. The van der Waals surface area contributed by atoms with Crippen LogP contribution in [0.2, 0.25) is 0 Å². The topological polar surface area (TPSA) is 49.8 Å². The fourth-order valence-corrected chi connectivity index (χ4v) is 3.59. The van der Waals surface area contributed by atoms with E-state index in [-0.39, 0.29) is 24.1 Å². The Kier molecular flexibility index (Phi) is 3.89. The van der Waals surface area contributed by atoms with Crippen molar-refractivity contribution in [2.75, 3.05) is 0 Å². The molecular formula is C17H23NO3. The van der Waals surface area contributed by atoms with Crippen LogP contribution >= 0.6 is 0 Å². The van der Waals surface area contributed by atoms with Crippen LogP contribution in [0.5, 0.6) is 5.75 Å². The van der Waals surface area contributed by atoms with Gasteiger partial charge in [0.05, 0.1) is 6.10 Å². The van der Waals surface area contributed by atoms with Crippen molar-refractivity contribution in [3.63, 3.8) is 0 Å². The zero-order valence-corrected chi connectivity index (χ0v) is 12.7. The fraction of sp³-hybridized carbons (Fsp3) is 0.588. The van der Waals surface area contributed by atoms with Gasteiger partial charge in [-0.3, -0.25) is 4.79 Å². The number of fused-ring (bicyclic) bond motifs is 2. The molecule has 114 valence electrons. The lowest BCUT2D eigenvalue weighted by Crippen LogP contribution is -2.52. The minimum atomic E-state index is -0.481. The SMILES string of the molecule is Cc1ccc(OC(C)C(=O)N2C3CCC2CC(O)C3)cc1. The molecule has 2 saturated heterocycles. The summed E-state index contributed by atoms with van der Waals surface area (Å²) in [5.41, 5.74) is 1.17. The van der Waals surface area contributed by atoms with Crippen molar-refractivity contribution < 1.29 is 14.6 Å². The Bertz CT molecular complexity index is 499. The Balaban J connectivity index is 1.66. The van der Waals surface area contributed by atoms with Gasteiger partial charge in [0.25, 0.3) is 5.91 Å². The van der Waals surface area contributed by atoms with Gasteiger partial charge in [-0.2, -0.15) is 0 Å². The number of ether oxygens (including phenoxy) is 1. The second-order valence-corrected chi connectivity index (χ2v) is 6.33. The normalized spacial score (nSPS) is 29.3. The second-order valence-electron chi connectivity index (χ2n) is 6.33. The Morgan fingerprint density at radius 2 is 1.81 bits per heavy atom. The quantitative estimate of drug-likeness (QED) is 0.928. The molecule has 1 amide bonds. The lowest BCUT2D eigenvalue weighted by atomic mass is 9.99. The smallest absolute Gasteiger partial charge is 0.263 e. The van der Waals surface area contributed by atoms with E-state index >= 15 is 0 Å². The molecule has 0 saturated carbocycles. The Labute approximate surface area is 125 Å². The highest BCUT2D eigenvalue weighted by Crippen LogP contribution is 2.36. The number of piperidine rings is 1. The van der Waals surface area contributed by atoms with Crippen molar-refractivity contribution in [3.8, 4) is 5.75 Å². The molecule has 2 heterocycles. The van der Waals surface area contributed by atoms with E-state index in [9.17, 15) is 9.90 Å². The number of nitrogens with zero attached hydrogens (tertiary/aromatic N) is 1. The molecule has 0 spiro atoms. The summed E-state index contributed by atoms with van der Waals surface area (Å²) >= 11 is 0. The van der Waals surface area contributed by atoms with Gasteiger partial charge in [0.1, 0.15) is 5.75 Å². The van der Waals surface area contributed by atoms with Gasteiger partial charge in [0, 0.05) is 12.1 Å². The van der Waals surface area contributed by atoms with E-state index in [4.69, 9.17) is 4.74 Å². The highest BCUT2D eigenvalue weighted by atomic mass is 16.5. The van der Waals surface area contributed by atoms with Gasteiger partial charge in [-0.05, 0) is 51.7 Å². The van der Waals surface area contributed by atoms with Crippen molar-refractivity contribution in [2.45, 2.75) is 63.8 Å². The Morgan fingerprint density at radius 1 is 1.24 bits per heavy atom. The minimum Gasteiger partial charge on any atom is -0.481 e. The van der Waals surface area contributed by atoms with Crippen LogP contribution in [0.25, 0.3) is 0 Å². The molecule has 1 N–H and O–H groups in total. The number of aliphatic hydroxyl groups is 1. The molecule has 2 bridgehead atoms. The third-order valence-corrected chi connectivity index (χ3v) is 4.64. The maximum absolute atomic E-state index is 12.7. The summed E-state index contributed by atoms with van der Waals surface area (Å²) in [6.07, 6.45) is 2.69. The molecule has 2 fully saturated rings. The van der Waals surface area contributed by atoms with Crippen molar-refractivity contribution in [1.29, 1.82) is 0 Å². The summed E-state index contributed by atoms with van der Waals surface area (Å²) in [4.78, 5) is 14.6. The number of benzene rings is 1. The molecule has 1 aromatic rings. The van der Waals surface area contributed by atoms with E-state index in [1.807, 2.05) is 43.0 Å². The van der Waals surface area contributed by atoms with Gasteiger partial charge < -0.3 is 14.7 Å². The summed E-state index contributed by atoms with van der Waals surface area (Å²) in [5.74, 6) is 0.779. The number of rotatable bonds is 3. The lowest BCUT2D eigenvalue weighted by Gasteiger charge is -2.38. The summed E-state index contributed by atoms with van der Waals surface area (Å²) in [6, 6.07) is 8.13. The highest BCUT2D eigenvalue weighted by molar-refractivity contribution is 5.82. The zero-order chi connectivity index (χ0) is 15.0. The van der Waals surface area contributed by atoms with E-state index < -0.39 is 6.10 Å². The van der Waals surface area contributed by atoms with E-state index in [0.29, 0.717) is 12.8 Å². The maximum atomic E-state index is 12.7. The van der Waals surface area contributed by atoms with Gasteiger partial charge in [0.2, 0.25) is 0 Å². The molecule has 3 unspecified atom stereocenters. The number of aliphatic hydroxyl groups excluding tert-OH is 1. The third kappa shape index (κ3) is 2.91. The first-order valence-electron chi connectivity index (χ1n) is 7.78. The van der Waals surface area contributed by atoms with Crippen LogP contribution in [-0.2, 0) is 4.79 Å². The van der Waals surface area contributed by atoms with Gasteiger partial charge in [-0.25, -0.2) is 0 Å². The van der Waals surface area contributed by atoms with Crippen LogP contribution in [0.1, 0.15) is 38.2 Å². The average Bonchev–Trinajstić information content (AvgIpc) is 2.72. The standard InChI is InChI=1S/C17H23NO3/c1-11-3-7-16(8-4-11)21-12(2)17(20)18-13-5-6-14(18)10-15(19)9-13/h3-4,7-8,12-15,19H,5-6,9-10H2,1-2H3. The Hall–Kier alpha value is -1.55. The lowest BCUT2D eigenvalue weighted by molar-refractivity contribution is -0.144. The molecule has 2 aliphatic heterocycles. The molecule has 4 heteroatoms. The van der Waals surface area contributed by atoms with E-state index in [1.165, 1.54) is 5.56 Å². The molecular weight excluding hydrogens is 266 g/mol. The molecule has 4 nitrogen and oxygen atoms in total. The second kappa shape index (κ2) is 5.68. The molecule has 3 atom stereocenters. The highest BCUT2D eigenvalue weighted by Gasteiger charge is 2.44. The predicted octanol–water partition coefficient (Wildman–Crippen LogP) is 2.28. The van der Waals surface area contributed by atoms with E-state index in [1.54, 1.807) is 0 Å². The first-order chi connectivity index (χ1) is 10.0. The van der Waals surface area contributed by atoms with Crippen molar-refractivity contribution >= 4 is 5.91 Å². The Morgan fingerprint density at radius 3 is 2.38 bits per heavy atom. The van der Waals surface area contributed by atoms with Crippen LogP contribution < -0.4 is 4.74 Å². The molecule has 1 aromatic carbocycles. The molecule has 2 aliphatic rings. The molecule has 3 rings (SSSR count). The predicted molar refractivity (Wildman–Crippen MR) is 80.2 cm³/mol. The van der Waals surface area contributed by atoms with Crippen molar-refractivity contribution in [1.82, 2.24) is 4.90 Å². The number of aryl methyl sites for hydroxylation is 1. The van der Waals surface area contributed by atoms with Crippen LogP contribution in [0, 0.1) is 6.92 Å². The molecule has 21 heavy (non-hydrogen) atoms. The number of hydrogen-bond donors (Lipinski definition) is 1. The van der Waals surface area contributed by atoms with Gasteiger partial charge >= 0.3 is 0 Å². The minimum absolute atomic E-state index is 0.0509. The summed E-state index contributed by atoms with van der Waals surface area (Å²) in [6.45, 7) is 3.84. The van der Waals surface area contributed by atoms with Gasteiger partial charge in [-0.15, -0.1) is 0 Å². The third-order valence-electron chi connectivity index (χ3n) is 4.64. The first kappa shape index (κ1) is 14.4. The fourth-order valence-electron chi connectivity index (χ4n) is 3.59. The number of amides is 1.